The van der Waals surface area contributed by atoms with Crippen LogP contribution in [-0.2, 0) is 14.8 Å². The molecule has 24 heavy (non-hydrogen) atoms. The largest absolute Gasteiger partial charge is 0.482 e. The maximum Gasteiger partial charge on any atom is 0.341 e. The predicted molar refractivity (Wildman–Crippen MR) is 87.7 cm³/mol. The van der Waals surface area contributed by atoms with Crippen LogP contribution >= 0.6 is 0 Å². The minimum Gasteiger partial charge on any atom is -0.482 e. The molecule has 0 bridgehead atoms. The number of benzene rings is 1. The second kappa shape index (κ2) is 6.91. The Hall–Kier alpha value is -2.55. The molecule has 2 N–H and O–H groups in total. The summed E-state index contributed by atoms with van der Waals surface area (Å²) in [6.45, 7) is 5.26. The number of rotatable bonds is 7. The average Bonchev–Trinajstić information content (AvgIpc) is 2.85. The Morgan fingerprint density at radius 1 is 1.33 bits per heavy atom. The van der Waals surface area contributed by atoms with Gasteiger partial charge in [0.05, 0.1) is 4.90 Å². The van der Waals surface area contributed by atoms with Gasteiger partial charge in [-0.2, -0.15) is 5.10 Å². The Morgan fingerprint density at radius 3 is 2.46 bits per heavy atom. The minimum atomic E-state index is -3.79. The van der Waals surface area contributed by atoms with Crippen molar-refractivity contribution >= 4 is 21.8 Å². The Kier molecular flexibility index (Phi) is 5.13. The van der Waals surface area contributed by atoms with E-state index in [1.165, 1.54) is 24.3 Å². The second-order valence-electron chi connectivity index (χ2n) is 5.47. The van der Waals surface area contributed by atoms with Crippen molar-refractivity contribution in [2.75, 3.05) is 11.3 Å². The Morgan fingerprint density at radius 2 is 1.96 bits per heavy atom. The standard InChI is InChI=1S/C15H19N3O5S/c1-10(2)18-11(3)8-14(16-18)17-24(21,22)13-6-4-12(5-7-13)23-9-15(19)20/h4-8,10H,9H2,1-3H3,(H,16,17)(H,19,20). The number of carboxylic acids is 1. The van der Waals surface area contributed by atoms with Gasteiger partial charge in [-0.15, -0.1) is 0 Å². The van der Waals surface area contributed by atoms with E-state index in [2.05, 4.69) is 9.82 Å². The first-order chi connectivity index (χ1) is 11.2. The lowest BCUT2D eigenvalue weighted by molar-refractivity contribution is -0.139. The smallest absolute Gasteiger partial charge is 0.341 e. The summed E-state index contributed by atoms with van der Waals surface area (Å²) < 4.78 is 33.9. The third-order valence-electron chi connectivity index (χ3n) is 3.15. The van der Waals surface area contributed by atoms with Crippen LogP contribution in [0.3, 0.4) is 0 Å². The molecule has 0 saturated heterocycles. The van der Waals surface area contributed by atoms with E-state index in [0.717, 1.165) is 5.69 Å². The van der Waals surface area contributed by atoms with Gasteiger partial charge in [0, 0.05) is 17.8 Å². The van der Waals surface area contributed by atoms with Gasteiger partial charge in [-0.1, -0.05) is 0 Å². The van der Waals surface area contributed by atoms with Crippen molar-refractivity contribution in [1.29, 1.82) is 0 Å². The predicted octanol–water partition coefficient (Wildman–Crippen LogP) is 2.04. The number of aromatic nitrogens is 2. The molecule has 0 aliphatic carbocycles. The number of nitrogens with zero attached hydrogens (tertiary/aromatic N) is 2. The molecule has 0 aliphatic rings. The van der Waals surface area contributed by atoms with Gasteiger partial charge in [-0.05, 0) is 45.0 Å². The number of carboxylic acid groups (broad SMARTS) is 1. The zero-order valence-electron chi connectivity index (χ0n) is 13.6. The lowest BCUT2D eigenvalue weighted by Crippen LogP contribution is -2.14. The van der Waals surface area contributed by atoms with Gasteiger partial charge in [-0.3, -0.25) is 9.40 Å². The van der Waals surface area contributed by atoms with Crippen LogP contribution in [0.15, 0.2) is 35.2 Å². The maximum atomic E-state index is 12.4. The number of hydrogen-bond donors (Lipinski definition) is 2. The van der Waals surface area contributed by atoms with Crippen LogP contribution in [0.25, 0.3) is 0 Å². The first-order valence-corrected chi connectivity index (χ1v) is 8.71. The fourth-order valence-electron chi connectivity index (χ4n) is 2.12. The van der Waals surface area contributed by atoms with Gasteiger partial charge in [0.25, 0.3) is 10.0 Å². The molecule has 2 aromatic rings. The van der Waals surface area contributed by atoms with Crippen LogP contribution in [0.2, 0.25) is 0 Å². The van der Waals surface area contributed by atoms with Crippen molar-refractivity contribution in [3.05, 3.63) is 36.0 Å². The summed E-state index contributed by atoms with van der Waals surface area (Å²) in [7, 11) is -3.79. The molecule has 0 spiro atoms. The summed E-state index contributed by atoms with van der Waals surface area (Å²) in [6, 6.07) is 7.25. The van der Waals surface area contributed by atoms with Crippen molar-refractivity contribution < 1.29 is 23.1 Å². The molecule has 1 aromatic heterocycles. The highest BCUT2D eigenvalue weighted by atomic mass is 32.2. The number of aryl methyl sites for hydroxylation is 1. The SMILES string of the molecule is Cc1cc(NS(=O)(=O)c2ccc(OCC(=O)O)cc2)nn1C(C)C. The lowest BCUT2D eigenvalue weighted by atomic mass is 10.3. The monoisotopic (exact) mass is 353 g/mol. The normalized spacial score (nSPS) is 11.5. The van der Waals surface area contributed by atoms with E-state index in [1.807, 2.05) is 20.8 Å². The first-order valence-electron chi connectivity index (χ1n) is 7.22. The zero-order chi connectivity index (χ0) is 17.9. The molecule has 9 heteroatoms. The van der Waals surface area contributed by atoms with Gasteiger partial charge in [0.15, 0.2) is 12.4 Å². The van der Waals surface area contributed by atoms with Crippen LogP contribution in [0.5, 0.6) is 5.75 Å². The molecule has 0 unspecified atom stereocenters. The number of nitrogens with one attached hydrogen (secondary N) is 1. The molecule has 130 valence electrons. The van der Waals surface area contributed by atoms with Crippen LogP contribution in [-0.4, -0.2) is 35.9 Å². The fraction of sp³-hybridized carbons (Fsp3) is 0.333. The average molecular weight is 353 g/mol. The number of ether oxygens (including phenoxy) is 1. The molecular weight excluding hydrogens is 334 g/mol. The van der Waals surface area contributed by atoms with E-state index in [1.54, 1.807) is 10.7 Å². The molecule has 8 nitrogen and oxygen atoms in total. The van der Waals surface area contributed by atoms with Crippen LogP contribution in [0, 0.1) is 6.92 Å². The number of carbonyl (C=O) groups is 1. The summed E-state index contributed by atoms with van der Waals surface area (Å²) in [5.74, 6) is -0.590. The first kappa shape index (κ1) is 17.8. The quantitative estimate of drug-likeness (QED) is 0.788. The molecule has 0 saturated carbocycles. The summed E-state index contributed by atoms with van der Waals surface area (Å²) in [5.41, 5.74) is 0.847. The van der Waals surface area contributed by atoms with Crippen molar-refractivity contribution in [3.63, 3.8) is 0 Å². The molecule has 1 aromatic carbocycles. The van der Waals surface area contributed by atoms with E-state index < -0.39 is 22.6 Å². The van der Waals surface area contributed by atoms with Gasteiger partial charge in [0.2, 0.25) is 0 Å². The third-order valence-corrected chi connectivity index (χ3v) is 4.52. The number of anilines is 1. The fourth-order valence-corrected chi connectivity index (χ4v) is 3.10. The van der Waals surface area contributed by atoms with Crippen LogP contribution < -0.4 is 9.46 Å². The molecular formula is C15H19N3O5S. The van der Waals surface area contributed by atoms with E-state index in [4.69, 9.17) is 9.84 Å². The highest BCUT2D eigenvalue weighted by Crippen LogP contribution is 2.20. The third kappa shape index (κ3) is 4.25. The summed E-state index contributed by atoms with van der Waals surface area (Å²) in [4.78, 5) is 10.5. The van der Waals surface area contributed by atoms with E-state index >= 15 is 0 Å². The Bertz CT molecular complexity index is 825. The summed E-state index contributed by atoms with van der Waals surface area (Å²) >= 11 is 0. The van der Waals surface area contributed by atoms with Crippen LogP contribution in [0.1, 0.15) is 25.6 Å². The molecule has 0 fully saturated rings. The Balaban J connectivity index is 2.15. The summed E-state index contributed by atoms with van der Waals surface area (Å²) in [6.07, 6.45) is 0. The summed E-state index contributed by atoms with van der Waals surface area (Å²) in [5, 5.41) is 12.8. The molecule has 0 atom stereocenters. The molecule has 1 heterocycles. The highest BCUT2D eigenvalue weighted by Gasteiger charge is 2.17. The van der Waals surface area contributed by atoms with Gasteiger partial charge in [0.1, 0.15) is 5.75 Å². The van der Waals surface area contributed by atoms with Gasteiger partial charge < -0.3 is 9.84 Å². The van der Waals surface area contributed by atoms with E-state index in [9.17, 15) is 13.2 Å². The Labute approximate surface area is 140 Å². The molecule has 0 radical (unpaired) electrons. The minimum absolute atomic E-state index is 0.0296. The number of hydrogen-bond acceptors (Lipinski definition) is 5. The van der Waals surface area contributed by atoms with E-state index in [0.29, 0.717) is 0 Å². The van der Waals surface area contributed by atoms with Crippen molar-refractivity contribution in [2.24, 2.45) is 0 Å². The lowest BCUT2D eigenvalue weighted by Gasteiger charge is -2.08. The maximum absolute atomic E-state index is 12.4. The van der Waals surface area contributed by atoms with E-state index in [-0.39, 0.29) is 22.5 Å². The molecule has 0 amide bonds. The van der Waals surface area contributed by atoms with Gasteiger partial charge in [-0.25, -0.2) is 13.2 Å². The second-order valence-corrected chi connectivity index (χ2v) is 7.15. The van der Waals surface area contributed by atoms with Crippen LogP contribution in [0.4, 0.5) is 5.82 Å². The highest BCUT2D eigenvalue weighted by molar-refractivity contribution is 7.92. The van der Waals surface area contributed by atoms with Crippen molar-refractivity contribution in [3.8, 4) is 5.75 Å². The zero-order valence-corrected chi connectivity index (χ0v) is 14.4. The topological polar surface area (TPSA) is 111 Å². The van der Waals surface area contributed by atoms with Crippen molar-refractivity contribution in [2.45, 2.75) is 31.7 Å². The molecule has 0 aliphatic heterocycles. The van der Waals surface area contributed by atoms with Crippen molar-refractivity contribution in [1.82, 2.24) is 9.78 Å². The molecule has 2 rings (SSSR count). The number of sulfonamides is 1. The number of aliphatic carboxylic acids is 1. The van der Waals surface area contributed by atoms with Gasteiger partial charge >= 0.3 is 5.97 Å².